The smallest absolute Gasteiger partial charge is 0.407 e. The highest BCUT2D eigenvalue weighted by atomic mass is 16.5. The van der Waals surface area contributed by atoms with E-state index in [0.717, 1.165) is 22.3 Å². The molecule has 0 aromatic heterocycles. The van der Waals surface area contributed by atoms with E-state index in [2.05, 4.69) is 36.2 Å². The Morgan fingerprint density at radius 1 is 1.15 bits per heavy atom. The van der Waals surface area contributed by atoms with Gasteiger partial charge in [-0.25, -0.2) is 4.79 Å². The van der Waals surface area contributed by atoms with Crippen LogP contribution in [0.1, 0.15) is 43.2 Å². The Morgan fingerprint density at radius 3 is 2.26 bits per heavy atom. The van der Waals surface area contributed by atoms with Crippen molar-refractivity contribution < 1.29 is 24.2 Å². The highest BCUT2D eigenvalue weighted by Crippen LogP contribution is 2.44. The van der Waals surface area contributed by atoms with Crippen LogP contribution in [0.5, 0.6) is 0 Å². The number of aliphatic carboxylic acids is 1. The van der Waals surface area contributed by atoms with Gasteiger partial charge >= 0.3 is 12.1 Å². The van der Waals surface area contributed by atoms with Gasteiger partial charge in [0.1, 0.15) is 12.0 Å². The third-order valence-corrected chi connectivity index (χ3v) is 6.91. The van der Waals surface area contributed by atoms with Gasteiger partial charge < -0.3 is 20.1 Å². The van der Waals surface area contributed by atoms with Crippen LogP contribution in [-0.2, 0) is 14.3 Å². The second-order valence-corrected chi connectivity index (χ2v) is 9.11. The Kier molecular flexibility index (Phi) is 6.72. The van der Waals surface area contributed by atoms with E-state index >= 15 is 0 Å². The number of hydrogen-bond donors (Lipinski definition) is 2. The van der Waals surface area contributed by atoms with Gasteiger partial charge in [-0.3, -0.25) is 9.59 Å². The molecule has 7 nitrogen and oxygen atoms in total. The summed E-state index contributed by atoms with van der Waals surface area (Å²) in [5, 5.41) is 12.3. The molecule has 1 aliphatic heterocycles. The fraction of sp³-hybridized carbons (Fsp3) is 0.370. The Balaban J connectivity index is 1.31. The van der Waals surface area contributed by atoms with Crippen molar-refractivity contribution in [2.75, 3.05) is 19.7 Å². The number of carboxylic acids is 1. The molecule has 2 N–H and O–H groups in total. The molecule has 1 atom stereocenters. The van der Waals surface area contributed by atoms with E-state index in [9.17, 15) is 19.5 Å². The zero-order valence-corrected chi connectivity index (χ0v) is 19.3. The van der Waals surface area contributed by atoms with Crippen LogP contribution in [0.25, 0.3) is 11.1 Å². The minimum absolute atomic E-state index is 0.0325. The maximum atomic E-state index is 12.6. The van der Waals surface area contributed by atoms with Crippen LogP contribution in [0.4, 0.5) is 4.79 Å². The van der Waals surface area contributed by atoms with Gasteiger partial charge in [0.2, 0.25) is 5.91 Å². The summed E-state index contributed by atoms with van der Waals surface area (Å²) in [5.74, 6) is -1.12. The third-order valence-electron chi connectivity index (χ3n) is 6.91. The van der Waals surface area contributed by atoms with E-state index in [1.54, 1.807) is 6.08 Å². The van der Waals surface area contributed by atoms with E-state index in [4.69, 9.17) is 4.74 Å². The SMILES string of the molecule is C=CCC1(C(=O)O)CN(C(=O)CC(CC)NC(=O)OCC2c3ccccc3-c3ccccc32)C1. The van der Waals surface area contributed by atoms with Crippen LogP contribution in [0.3, 0.4) is 0 Å². The number of hydrogen-bond acceptors (Lipinski definition) is 4. The summed E-state index contributed by atoms with van der Waals surface area (Å²) >= 11 is 0. The Labute approximate surface area is 199 Å². The number of carbonyl (C=O) groups is 3. The number of fused-ring (bicyclic) bond motifs is 3. The highest BCUT2D eigenvalue weighted by molar-refractivity contribution is 5.84. The van der Waals surface area contributed by atoms with Crippen molar-refractivity contribution in [3.63, 3.8) is 0 Å². The van der Waals surface area contributed by atoms with Crippen molar-refractivity contribution >= 4 is 18.0 Å². The van der Waals surface area contributed by atoms with Crippen molar-refractivity contribution in [1.29, 1.82) is 0 Å². The fourth-order valence-corrected chi connectivity index (χ4v) is 4.93. The molecule has 2 aliphatic rings. The standard InChI is InChI=1S/C27H30N2O5/c1-3-13-27(25(31)32)16-29(17-27)24(30)14-18(4-2)28-26(33)34-15-23-21-11-7-5-9-19(21)20-10-6-8-12-22(20)23/h3,5-12,18,23H,1,4,13-17H2,2H3,(H,28,33)(H,31,32). The molecular weight excluding hydrogens is 432 g/mol. The molecule has 1 saturated heterocycles. The average Bonchev–Trinajstić information content (AvgIpc) is 3.12. The summed E-state index contributed by atoms with van der Waals surface area (Å²) in [6, 6.07) is 15.9. The van der Waals surface area contributed by atoms with Crippen LogP contribution in [0, 0.1) is 5.41 Å². The van der Waals surface area contributed by atoms with E-state index < -0.39 is 17.5 Å². The van der Waals surface area contributed by atoms with Crippen molar-refractivity contribution in [3.05, 3.63) is 72.3 Å². The summed E-state index contributed by atoms with van der Waals surface area (Å²) in [7, 11) is 0. The number of carboxylic acid groups (broad SMARTS) is 1. The van der Waals surface area contributed by atoms with Crippen LogP contribution < -0.4 is 5.32 Å². The van der Waals surface area contributed by atoms with Gasteiger partial charge in [0.25, 0.3) is 0 Å². The van der Waals surface area contributed by atoms with E-state index in [1.165, 1.54) is 4.90 Å². The van der Waals surface area contributed by atoms with Crippen molar-refractivity contribution in [2.45, 2.75) is 38.1 Å². The first-order valence-corrected chi connectivity index (χ1v) is 11.6. The number of benzene rings is 2. The van der Waals surface area contributed by atoms with Gasteiger partial charge in [-0.05, 0) is 35.1 Å². The monoisotopic (exact) mass is 462 g/mol. The molecule has 34 heavy (non-hydrogen) atoms. The third kappa shape index (κ3) is 4.42. The predicted molar refractivity (Wildman–Crippen MR) is 128 cm³/mol. The minimum Gasteiger partial charge on any atom is -0.481 e. The minimum atomic E-state index is -0.945. The lowest BCUT2D eigenvalue weighted by Crippen LogP contribution is -2.62. The summed E-state index contributed by atoms with van der Waals surface area (Å²) < 4.78 is 5.59. The highest BCUT2D eigenvalue weighted by Gasteiger charge is 2.50. The molecule has 0 bridgehead atoms. The molecular formula is C27H30N2O5. The first-order chi connectivity index (χ1) is 16.4. The molecule has 7 heteroatoms. The molecule has 2 aromatic carbocycles. The summed E-state index contributed by atoms with van der Waals surface area (Å²) in [6.07, 6.45) is 1.99. The molecule has 0 radical (unpaired) electrons. The molecule has 1 heterocycles. The molecule has 1 aliphatic carbocycles. The molecule has 0 spiro atoms. The maximum absolute atomic E-state index is 12.6. The lowest BCUT2D eigenvalue weighted by molar-refractivity contribution is -0.165. The number of alkyl carbamates (subject to hydrolysis) is 1. The van der Waals surface area contributed by atoms with Crippen molar-refractivity contribution in [2.24, 2.45) is 5.41 Å². The van der Waals surface area contributed by atoms with Gasteiger partial charge in [0, 0.05) is 31.5 Å². The maximum Gasteiger partial charge on any atom is 0.407 e. The van der Waals surface area contributed by atoms with Gasteiger partial charge in [0.05, 0.1) is 0 Å². The second-order valence-electron chi connectivity index (χ2n) is 9.11. The summed E-state index contributed by atoms with van der Waals surface area (Å²) in [6.45, 7) is 6.03. The normalized spacial score (nSPS) is 16.6. The largest absolute Gasteiger partial charge is 0.481 e. The molecule has 178 valence electrons. The fourth-order valence-electron chi connectivity index (χ4n) is 4.93. The molecule has 2 aromatic rings. The van der Waals surface area contributed by atoms with Crippen LogP contribution >= 0.6 is 0 Å². The summed E-state index contributed by atoms with van der Waals surface area (Å²) in [4.78, 5) is 38.3. The predicted octanol–water partition coefficient (Wildman–Crippen LogP) is 4.18. The van der Waals surface area contributed by atoms with E-state index in [0.29, 0.717) is 12.8 Å². The number of carbonyl (C=O) groups excluding carboxylic acids is 2. The number of rotatable bonds is 9. The number of nitrogens with zero attached hydrogens (tertiary/aromatic N) is 1. The lowest BCUT2D eigenvalue weighted by atomic mass is 9.76. The number of likely N-dealkylation sites (tertiary alicyclic amines) is 1. The first-order valence-electron chi connectivity index (χ1n) is 11.6. The van der Waals surface area contributed by atoms with Crippen molar-refractivity contribution in [3.8, 4) is 11.1 Å². The van der Waals surface area contributed by atoms with Gasteiger partial charge in [0.15, 0.2) is 0 Å². The van der Waals surface area contributed by atoms with Gasteiger partial charge in [-0.1, -0.05) is 61.5 Å². The van der Waals surface area contributed by atoms with Gasteiger partial charge in [-0.15, -0.1) is 6.58 Å². The molecule has 0 saturated carbocycles. The molecule has 1 unspecified atom stereocenters. The molecule has 4 rings (SSSR count). The Bertz CT molecular complexity index is 1060. The number of amides is 2. The van der Waals surface area contributed by atoms with Crippen LogP contribution in [-0.4, -0.2) is 53.7 Å². The van der Waals surface area contributed by atoms with Crippen LogP contribution in [0.2, 0.25) is 0 Å². The van der Waals surface area contributed by atoms with E-state index in [-0.39, 0.29) is 44.0 Å². The zero-order chi connectivity index (χ0) is 24.3. The van der Waals surface area contributed by atoms with E-state index in [1.807, 2.05) is 31.2 Å². The van der Waals surface area contributed by atoms with Gasteiger partial charge in [-0.2, -0.15) is 0 Å². The molecule has 2 amide bonds. The Morgan fingerprint density at radius 2 is 1.74 bits per heavy atom. The Hall–Kier alpha value is -3.61. The first kappa shape index (κ1) is 23.5. The summed E-state index contributed by atoms with van der Waals surface area (Å²) in [5.41, 5.74) is 3.65. The number of allylic oxidation sites excluding steroid dienone is 1. The second kappa shape index (κ2) is 9.71. The molecule has 1 fully saturated rings. The number of nitrogens with one attached hydrogen (secondary N) is 1. The number of ether oxygens (including phenoxy) is 1. The van der Waals surface area contributed by atoms with Crippen molar-refractivity contribution in [1.82, 2.24) is 10.2 Å². The average molecular weight is 463 g/mol. The zero-order valence-electron chi connectivity index (χ0n) is 19.3. The topological polar surface area (TPSA) is 95.9 Å². The lowest BCUT2D eigenvalue weighted by Gasteiger charge is -2.47. The van der Waals surface area contributed by atoms with Crippen LogP contribution in [0.15, 0.2) is 61.2 Å². The quantitative estimate of drug-likeness (QED) is 0.545.